The van der Waals surface area contributed by atoms with Crippen molar-refractivity contribution in [3.8, 4) is 28.6 Å². The average molecular weight is 377 g/mol. The summed E-state index contributed by atoms with van der Waals surface area (Å²) in [6, 6.07) is 15.1. The molecular formula is C22H23N3O3. The van der Waals surface area contributed by atoms with Crippen LogP contribution in [0, 0.1) is 0 Å². The first-order valence-corrected chi connectivity index (χ1v) is 9.56. The summed E-state index contributed by atoms with van der Waals surface area (Å²) < 4.78 is 10.9. The number of likely N-dealkylation sites (tertiary alicyclic amines) is 1. The quantitative estimate of drug-likeness (QED) is 0.673. The molecule has 0 N–H and O–H groups in total. The molecule has 0 aliphatic carbocycles. The number of methoxy groups -OCH3 is 1. The summed E-state index contributed by atoms with van der Waals surface area (Å²) in [5.41, 5.74) is 1.99. The Morgan fingerprint density at radius 1 is 1.11 bits per heavy atom. The lowest BCUT2D eigenvalue weighted by molar-refractivity contribution is 0.0636. The number of amides is 1. The summed E-state index contributed by atoms with van der Waals surface area (Å²) in [6.45, 7) is 2.89. The van der Waals surface area contributed by atoms with Crippen LogP contribution < -0.4 is 4.74 Å². The largest absolute Gasteiger partial charge is 0.496 e. The highest BCUT2D eigenvalue weighted by Gasteiger charge is 2.27. The summed E-state index contributed by atoms with van der Waals surface area (Å²) in [7, 11) is 1.60. The number of piperidine rings is 1. The Morgan fingerprint density at radius 3 is 2.64 bits per heavy atom. The molecular weight excluding hydrogens is 354 g/mol. The molecule has 2 aromatic carbocycles. The fourth-order valence-corrected chi connectivity index (χ4v) is 3.68. The van der Waals surface area contributed by atoms with Crippen LogP contribution in [0.5, 0.6) is 5.75 Å². The van der Waals surface area contributed by atoms with Crippen LogP contribution in [-0.2, 0) is 0 Å². The van der Waals surface area contributed by atoms with Gasteiger partial charge in [0, 0.05) is 12.6 Å². The molecule has 2 heterocycles. The standard InChI is InChI=1S/C22H23N3O3/c1-15-9-7-8-14-25(15)22(26)17-11-4-3-10-16(17)21-23-20(24-28-21)18-12-5-6-13-19(18)27-2/h3-6,10-13,15H,7-9,14H2,1-2H3/t15-/m1/s1. The molecule has 1 aliphatic rings. The van der Waals surface area contributed by atoms with Crippen molar-refractivity contribution in [2.75, 3.05) is 13.7 Å². The number of ether oxygens (including phenoxy) is 1. The minimum atomic E-state index is 0.0137. The molecule has 6 heteroatoms. The fraction of sp³-hybridized carbons (Fsp3) is 0.318. The highest BCUT2D eigenvalue weighted by molar-refractivity contribution is 6.00. The Bertz CT molecular complexity index is 982. The van der Waals surface area contributed by atoms with Crippen LogP contribution in [0.4, 0.5) is 0 Å². The smallest absolute Gasteiger partial charge is 0.259 e. The predicted molar refractivity (Wildman–Crippen MR) is 106 cm³/mol. The molecule has 4 rings (SSSR count). The first-order valence-electron chi connectivity index (χ1n) is 9.56. The van der Waals surface area contributed by atoms with Gasteiger partial charge in [-0.15, -0.1) is 0 Å². The molecule has 28 heavy (non-hydrogen) atoms. The van der Waals surface area contributed by atoms with Crippen molar-refractivity contribution in [2.45, 2.75) is 32.2 Å². The molecule has 1 fully saturated rings. The van der Waals surface area contributed by atoms with Crippen molar-refractivity contribution in [1.82, 2.24) is 15.0 Å². The van der Waals surface area contributed by atoms with E-state index in [4.69, 9.17) is 9.26 Å². The molecule has 0 unspecified atom stereocenters. The van der Waals surface area contributed by atoms with Gasteiger partial charge in [-0.05, 0) is 50.5 Å². The van der Waals surface area contributed by atoms with E-state index in [1.54, 1.807) is 7.11 Å². The number of nitrogens with zero attached hydrogens (tertiary/aromatic N) is 3. The summed E-state index contributed by atoms with van der Waals surface area (Å²) in [6.07, 6.45) is 3.24. The van der Waals surface area contributed by atoms with E-state index >= 15 is 0 Å². The summed E-state index contributed by atoms with van der Waals surface area (Å²) in [5.74, 6) is 1.44. The monoisotopic (exact) mass is 377 g/mol. The zero-order chi connectivity index (χ0) is 19.5. The van der Waals surface area contributed by atoms with Crippen LogP contribution in [-0.4, -0.2) is 40.6 Å². The van der Waals surface area contributed by atoms with E-state index in [0.29, 0.717) is 28.6 Å². The Hall–Kier alpha value is -3.15. The van der Waals surface area contributed by atoms with Crippen molar-refractivity contribution in [1.29, 1.82) is 0 Å². The van der Waals surface area contributed by atoms with Crippen LogP contribution in [0.15, 0.2) is 53.1 Å². The van der Waals surface area contributed by atoms with E-state index in [1.165, 1.54) is 6.42 Å². The fourth-order valence-electron chi connectivity index (χ4n) is 3.68. The molecule has 1 aliphatic heterocycles. The van der Waals surface area contributed by atoms with Crippen LogP contribution in [0.1, 0.15) is 36.5 Å². The number of para-hydroxylation sites is 1. The maximum atomic E-state index is 13.2. The van der Waals surface area contributed by atoms with E-state index in [9.17, 15) is 4.79 Å². The SMILES string of the molecule is COc1ccccc1-c1noc(-c2ccccc2C(=O)N2CCCC[C@H]2C)n1. The van der Waals surface area contributed by atoms with E-state index < -0.39 is 0 Å². The van der Waals surface area contributed by atoms with Gasteiger partial charge in [0.25, 0.3) is 11.8 Å². The molecule has 0 bridgehead atoms. The molecule has 0 radical (unpaired) electrons. The van der Waals surface area contributed by atoms with Gasteiger partial charge in [-0.3, -0.25) is 4.79 Å². The van der Waals surface area contributed by atoms with Crippen molar-refractivity contribution < 1.29 is 14.1 Å². The van der Waals surface area contributed by atoms with Crippen molar-refractivity contribution in [3.63, 3.8) is 0 Å². The van der Waals surface area contributed by atoms with Gasteiger partial charge in [-0.25, -0.2) is 0 Å². The molecule has 1 saturated heterocycles. The lowest BCUT2D eigenvalue weighted by Gasteiger charge is -2.33. The second-order valence-electron chi connectivity index (χ2n) is 7.01. The lowest BCUT2D eigenvalue weighted by atomic mass is 10.00. The normalized spacial score (nSPS) is 16.8. The summed E-state index contributed by atoms with van der Waals surface area (Å²) >= 11 is 0. The van der Waals surface area contributed by atoms with E-state index in [2.05, 4.69) is 17.1 Å². The molecule has 6 nitrogen and oxygen atoms in total. The molecule has 1 aromatic heterocycles. The third kappa shape index (κ3) is 3.38. The number of carbonyl (C=O) groups excluding carboxylic acids is 1. The van der Waals surface area contributed by atoms with Crippen molar-refractivity contribution in [3.05, 3.63) is 54.1 Å². The molecule has 1 amide bonds. The zero-order valence-corrected chi connectivity index (χ0v) is 16.1. The summed E-state index contributed by atoms with van der Waals surface area (Å²) in [4.78, 5) is 19.7. The number of benzene rings is 2. The Labute approximate surface area is 164 Å². The molecule has 1 atom stereocenters. The van der Waals surface area contributed by atoms with Crippen LogP contribution in [0.2, 0.25) is 0 Å². The number of carbonyl (C=O) groups is 1. The average Bonchev–Trinajstić information content (AvgIpc) is 3.23. The lowest BCUT2D eigenvalue weighted by Crippen LogP contribution is -2.42. The van der Waals surface area contributed by atoms with Gasteiger partial charge in [0.1, 0.15) is 5.75 Å². The second-order valence-corrected chi connectivity index (χ2v) is 7.01. The Morgan fingerprint density at radius 2 is 1.86 bits per heavy atom. The first-order chi connectivity index (χ1) is 13.7. The highest BCUT2D eigenvalue weighted by atomic mass is 16.5. The van der Waals surface area contributed by atoms with Crippen LogP contribution >= 0.6 is 0 Å². The number of hydrogen-bond acceptors (Lipinski definition) is 5. The zero-order valence-electron chi connectivity index (χ0n) is 16.1. The van der Waals surface area contributed by atoms with Crippen molar-refractivity contribution in [2.24, 2.45) is 0 Å². The maximum Gasteiger partial charge on any atom is 0.259 e. The Kier molecular flexibility index (Phi) is 5.10. The minimum absolute atomic E-state index is 0.0137. The first kappa shape index (κ1) is 18.2. The topological polar surface area (TPSA) is 68.5 Å². The van der Waals surface area contributed by atoms with E-state index in [0.717, 1.165) is 24.9 Å². The third-order valence-corrected chi connectivity index (χ3v) is 5.23. The van der Waals surface area contributed by atoms with Gasteiger partial charge in [0.05, 0.1) is 23.8 Å². The second kappa shape index (κ2) is 7.84. The van der Waals surface area contributed by atoms with Crippen molar-refractivity contribution >= 4 is 5.91 Å². The predicted octanol–water partition coefficient (Wildman–Crippen LogP) is 4.43. The van der Waals surface area contributed by atoms with Gasteiger partial charge in [0.2, 0.25) is 5.82 Å². The van der Waals surface area contributed by atoms with Crippen LogP contribution in [0.25, 0.3) is 22.8 Å². The number of aromatic nitrogens is 2. The van der Waals surface area contributed by atoms with Crippen LogP contribution in [0.3, 0.4) is 0 Å². The summed E-state index contributed by atoms with van der Waals surface area (Å²) in [5, 5.41) is 4.11. The number of hydrogen-bond donors (Lipinski definition) is 0. The van der Waals surface area contributed by atoms with E-state index in [1.807, 2.05) is 53.4 Å². The maximum absolute atomic E-state index is 13.2. The molecule has 0 spiro atoms. The molecule has 3 aromatic rings. The van der Waals surface area contributed by atoms with Gasteiger partial charge >= 0.3 is 0 Å². The Balaban J connectivity index is 1.70. The van der Waals surface area contributed by atoms with Gasteiger partial charge in [-0.2, -0.15) is 4.98 Å². The minimum Gasteiger partial charge on any atom is -0.496 e. The third-order valence-electron chi connectivity index (χ3n) is 5.23. The van der Waals surface area contributed by atoms with Gasteiger partial charge in [0.15, 0.2) is 0 Å². The number of rotatable bonds is 4. The van der Waals surface area contributed by atoms with E-state index in [-0.39, 0.29) is 11.9 Å². The molecule has 144 valence electrons. The highest BCUT2D eigenvalue weighted by Crippen LogP contribution is 2.31. The molecule has 0 saturated carbocycles. The van der Waals surface area contributed by atoms with Gasteiger partial charge < -0.3 is 14.2 Å². The van der Waals surface area contributed by atoms with Gasteiger partial charge in [-0.1, -0.05) is 29.4 Å².